The van der Waals surface area contributed by atoms with E-state index in [4.69, 9.17) is 11.6 Å². The van der Waals surface area contributed by atoms with E-state index in [-0.39, 0.29) is 17.5 Å². The summed E-state index contributed by atoms with van der Waals surface area (Å²) in [5.41, 5.74) is 0.733. The number of nitrogens with one attached hydrogen (secondary N) is 1. The maximum absolute atomic E-state index is 12.9. The zero-order chi connectivity index (χ0) is 16.6. The number of hydrogen-bond acceptors (Lipinski definition) is 2. The molecular formula is C16H13ClF3NOS. The number of carbonyl (C=O) groups is 1. The summed E-state index contributed by atoms with van der Waals surface area (Å²) in [6.45, 7) is 0. The van der Waals surface area contributed by atoms with Crippen LogP contribution in [0.5, 0.6) is 0 Å². The summed E-state index contributed by atoms with van der Waals surface area (Å²) in [5.74, 6) is -0.550. The smallest absolute Gasteiger partial charge is 0.349 e. The van der Waals surface area contributed by atoms with Crippen molar-refractivity contribution in [3.63, 3.8) is 0 Å². The van der Waals surface area contributed by atoms with Gasteiger partial charge in [0.05, 0.1) is 5.56 Å². The Kier molecular flexibility index (Phi) is 4.38. The molecule has 1 N–H and O–H groups in total. The first-order valence-corrected chi connectivity index (χ1v) is 8.33. The fourth-order valence-corrected chi connectivity index (χ4v) is 3.62. The normalized spacial score (nSPS) is 20.9. The maximum Gasteiger partial charge on any atom is 0.426 e. The highest BCUT2D eigenvalue weighted by atomic mass is 35.5. The van der Waals surface area contributed by atoms with Gasteiger partial charge in [-0.25, -0.2) is 0 Å². The lowest BCUT2D eigenvalue weighted by atomic mass is 9.75. The summed E-state index contributed by atoms with van der Waals surface area (Å²) < 4.78 is 38.6. The summed E-state index contributed by atoms with van der Waals surface area (Å²) in [4.78, 5) is 11.3. The van der Waals surface area contributed by atoms with Crippen molar-refractivity contribution < 1.29 is 18.0 Å². The van der Waals surface area contributed by atoms with E-state index < -0.39 is 17.0 Å². The lowest BCUT2D eigenvalue weighted by Gasteiger charge is -2.37. The van der Waals surface area contributed by atoms with Crippen molar-refractivity contribution in [2.24, 2.45) is 0 Å². The Morgan fingerprint density at radius 1 is 1.17 bits per heavy atom. The van der Waals surface area contributed by atoms with Crippen molar-refractivity contribution in [1.82, 2.24) is 5.32 Å². The molecule has 1 aliphatic carbocycles. The van der Waals surface area contributed by atoms with Gasteiger partial charge in [0.15, 0.2) is 0 Å². The van der Waals surface area contributed by atoms with Crippen molar-refractivity contribution in [2.45, 2.75) is 31.0 Å². The number of benzene rings is 1. The number of amides is 1. The van der Waals surface area contributed by atoms with Gasteiger partial charge in [-0.2, -0.15) is 13.2 Å². The van der Waals surface area contributed by atoms with Crippen molar-refractivity contribution >= 4 is 28.8 Å². The highest BCUT2D eigenvalue weighted by Gasteiger charge is 2.39. The van der Waals surface area contributed by atoms with Crippen LogP contribution in [0.4, 0.5) is 13.2 Å². The standard InChI is InChI=1S/C16H13ClF3NOS/c17-10-3-1-9(2-4-10)11-5-6-13(11)21-15(22)12-7-8-23-14(12)16(18,19)20/h1-4,7-8,11,13H,5-6H2,(H,21,22)/t11-,13-/m0/s1. The second-order valence-electron chi connectivity index (χ2n) is 5.48. The molecule has 7 heteroatoms. The monoisotopic (exact) mass is 359 g/mol. The third kappa shape index (κ3) is 3.38. The molecule has 1 heterocycles. The molecule has 3 rings (SSSR count). The number of hydrogen-bond donors (Lipinski definition) is 1. The molecule has 1 aliphatic rings. The van der Waals surface area contributed by atoms with Crippen molar-refractivity contribution in [3.05, 3.63) is 56.7 Å². The van der Waals surface area contributed by atoms with E-state index in [2.05, 4.69) is 5.32 Å². The van der Waals surface area contributed by atoms with Crippen LogP contribution in [0.25, 0.3) is 0 Å². The highest BCUT2D eigenvalue weighted by Crippen LogP contribution is 2.39. The van der Waals surface area contributed by atoms with Crippen LogP contribution < -0.4 is 5.32 Å². The highest BCUT2D eigenvalue weighted by molar-refractivity contribution is 7.10. The molecule has 1 fully saturated rings. The van der Waals surface area contributed by atoms with Crippen molar-refractivity contribution in [3.8, 4) is 0 Å². The van der Waals surface area contributed by atoms with E-state index in [9.17, 15) is 18.0 Å². The first-order valence-electron chi connectivity index (χ1n) is 7.07. The van der Waals surface area contributed by atoms with Crippen molar-refractivity contribution in [1.29, 1.82) is 0 Å². The molecule has 0 spiro atoms. The van der Waals surface area contributed by atoms with E-state index in [0.717, 1.165) is 18.4 Å². The summed E-state index contributed by atoms with van der Waals surface area (Å²) in [6.07, 6.45) is -2.86. The largest absolute Gasteiger partial charge is 0.426 e. The molecule has 1 aromatic carbocycles. The molecule has 0 aliphatic heterocycles. The Morgan fingerprint density at radius 3 is 2.43 bits per heavy atom. The quantitative estimate of drug-likeness (QED) is 0.812. The Hall–Kier alpha value is -1.53. The molecule has 0 radical (unpaired) electrons. The number of rotatable bonds is 3. The molecule has 1 saturated carbocycles. The number of carbonyl (C=O) groups excluding carboxylic acids is 1. The Labute approximate surface area is 140 Å². The summed E-state index contributed by atoms with van der Waals surface area (Å²) in [6, 6.07) is 8.39. The fourth-order valence-electron chi connectivity index (χ4n) is 2.74. The number of alkyl halides is 3. The summed E-state index contributed by atoms with van der Waals surface area (Å²) >= 11 is 6.39. The molecule has 2 aromatic rings. The Morgan fingerprint density at radius 2 is 1.87 bits per heavy atom. The van der Waals surface area contributed by atoms with Gasteiger partial charge in [-0.1, -0.05) is 23.7 Å². The first kappa shape index (κ1) is 16.3. The zero-order valence-corrected chi connectivity index (χ0v) is 13.4. The maximum atomic E-state index is 12.9. The van der Waals surface area contributed by atoms with E-state index in [1.165, 1.54) is 11.4 Å². The number of thiophene rings is 1. The van der Waals surface area contributed by atoms with Gasteiger partial charge in [-0.05, 0) is 42.0 Å². The Bertz CT molecular complexity index is 711. The van der Waals surface area contributed by atoms with Gasteiger partial charge < -0.3 is 5.32 Å². The SMILES string of the molecule is O=C(N[C@H]1CC[C@H]1c1ccc(Cl)cc1)c1ccsc1C(F)(F)F. The van der Waals surface area contributed by atoms with Gasteiger partial charge in [0.2, 0.25) is 0 Å². The third-order valence-corrected chi connectivity index (χ3v) is 5.27. The third-order valence-electron chi connectivity index (χ3n) is 4.06. The van der Waals surface area contributed by atoms with Crippen LogP contribution in [0.2, 0.25) is 5.02 Å². The van der Waals surface area contributed by atoms with Gasteiger partial charge >= 0.3 is 6.18 Å². The minimum Gasteiger partial charge on any atom is -0.349 e. The molecular weight excluding hydrogens is 347 g/mol. The second kappa shape index (κ2) is 6.17. The second-order valence-corrected chi connectivity index (χ2v) is 6.83. The minimum absolute atomic E-state index is 0.115. The van der Waals surface area contributed by atoms with Gasteiger partial charge in [0.25, 0.3) is 5.91 Å². The van der Waals surface area contributed by atoms with Gasteiger partial charge in [0, 0.05) is 17.0 Å². The molecule has 0 saturated heterocycles. The summed E-state index contributed by atoms with van der Waals surface area (Å²) in [5, 5.41) is 4.64. The van der Waals surface area contributed by atoms with Gasteiger partial charge in [0.1, 0.15) is 4.88 Å². The lowest BCUT2D eigenvalue weighted by Crippen LogP contribution is -2.45. The topological polar surface area (TPSA) is 29.1 Å². The van der Waals surface area contributed by atoms with Crippen LogP contribution in [-0.2, 0) is 6.18 Å². The number of halogens is 4. The predicted molar refractivity (Wildman–Crippen MR) is 84.0 cm³/mol. The van der Waals surface area contributed by atoms with Crippen LogP contribution in [0.1, 0.15) is 39.6 Å². The lowest BCUT2D eigenvalue weighted by molar-refractivity contribution is -0.134. The molecule has 2 nitrogen and oxygen atoms in total. The van der Waals surface area contributed by atoms with E-state index >= 15 is 0 Å². The van der Waals surface area contributed by atoms with E-state index in [1.807, 2.05) is 12.1 Å². The van der Waals surface area contributed by atoms with Crippen LogP contribution in [0.3, 0.4) is 0 Å². The van der Waals surface area contributed by atoms with Crippen LogP contribution >= 0.6 is 22.9 Å². The van der Waals surface area contributed by atoms with Crippen LogP contribution in [-0.4, -0.2) is 11.9 Å². The predicted octanol–water partition coefficient (Wildman–Crippen LogP) is 5.10. The molecule has 122 valence electrons. The first-order chi connectivity index (χ1) is 10.9. The van der Waals surface area contributed by atoms with Crippen molar-refractivity contribution in [2.75, 3.05) is 0 Å². The summed E-state index contributed by atoms with van der Waals surface area (Å²) in [7, 11) is 0. The molecule has 2 atom stereocenters. The minimum atomic E-state index is -4.50. The molecule has 1 aromatic heterocycles. The van der Waals surface area contributed by atoms with Gasteiger partial charge in [-0.15, -0.1) is 11.3 Å². The average molecular weight is 360 g/mol. The molecule has 23 heavy (non-hydrogen) atoms. The fraction of sp³-hybridized carbons (Fsp3) is 0.312. The molecule has 1 amide bonds. The Balaban J connectivity index is 1.71. The average Bonchev–Trinajstić information content (AvgIpc) is 2.95. The molecule has 0 bridgehead atoms. The van der Waals surface area contributed by atoms with E-state index in [0.29, 0.717) is 16.4 Å². The van der Waals surface area contributed by atoms with Crippen LogP contribution in [0, 0.1) is 0 Å². The van der Waals surface area contributed by atoms with E-state index in [1.54, 1.807) is 12.1 Å². The van der Waals surface area contributed by atoms with Crippen LogP contribution in [0.15, 0.2) is 35.7 Å². The molecule has 0 unspecified atom stereocenters. The zero-order valence-electron chi connectivity index (χ0n) is 11.9. The van der Waals surface area contributed by atoms with Gasteiger partial charge in [-0.3, -0.25) is 4.79 Å².